The van der Waals surface area contributed by atoms with Gasteiger partial charge in [0, 0.05) is 27.8 Å². The first-order chi connectivity index (χ1) is 7.54. The van der Waals surface area contributed by atoms with Gasteiger partial charge < -0.3 is 29.2 Å². The third kappa shape index (κ3) is 16.2. The molecule has 0 unspecified atom stereocenters. The number of hydrogen-bond acceptors (Lipinski definition) is 6. The van der Waals surface area contributed by atoms with Crippen molar-refractivity contribution in [2.24, 2.45) is 0 Å². The SMILES string of the molecule is CCO.COCCOC(C)(O)OCCOC. The van der Waals surface area contributed by atoms with Crippen LogP contribution < -0.4 is 0 Å². The molecule has 0 saturated carbocycles. The molecule has 0 fully saturated rings. The van der Waals surface area contributed by atoms with Crippen molar-refractivity contribution in [3.8, 4) is 0 Å². The number of hydrogen-bond donors (Lipinski definition) is 2. The Morgan fingerprint density at radius 1 is 0.938 bits per heavy atom. The fourth-order valence-corrected chi connectivity index (χ4v) is 0.670. The molecule has 0 radical (unpaired) electrons. The second kappa shape index (κ2) is 12.8. The number of rotatable bonds is 8. The summed E-state index contributed by atoms with van der Waals surface area (Å²) >= 11 is 0. The van der Waals surface area contributed by atoms with Gasteiger partial charge in [-0.15, -0.1) is 0 Å². The topological polar surface area (TPSA) is 77.4 Å². The fourth-order valence-electron chi connectivity index (χ4n) is 0.670. The van der Waals surface area contributed by atoms with Crippen LogP contribution in [0.5, 0.6) is 0 Å². The summed E-state index contributed by atoms with van der Waals surface area (Å²) in [5, 5.41) is 17.0. The van der Waals surface area contributed by atoms with Crippen LogP contribution in [-0.2, 0) is 18.9 Å². The average molecular weight is 240 g/mol. The van der Waals surface area contributed by atoms with Gasteiger partial charge in [-0.3, -0.25) is 0 Å². The van der Waals surface area contributed by atoms with E-state index in [-0.39, 0.29) is 19.8 Å². The number of aliphatic hydroxyl groups is 2. The summed E-state index contributed by atoms with van der Waals surface area (Å²) in [4.78, 5) is 0. The zero-order valence-corrected chi connectivity index (χ0v) is 10.6. The lowest BCUT2D eigenvalue weighted by Gasteiger charge is -2.23. The molecule has 0 saturated heterocycles. The van der Waals surface area contributed by atoms with Gasteiger partial charge in [0.05, 0.1) is 26.4 Å². The Bertz CT molecular complexity index is 116. The van der Waals surface area contributed by atoms with E-state index in [0.717, 1.165) is 0 Å². The van der Waals surface area contributed by atoms with Crippen molar-refractivity contribution in [3.05, 3.63) is 0 Å². The molecule has 16 heavy (non-hydrogen) atoms. The maximum atomic E-state index is 9.41. The van der Waals surface area contributed by atoms with Gasteiger partial charge in [-0.1, -0.05) is 0 Å². The molecule has 0 aliphatic carbocycles. The Kier molecular flexibility index (Phi) is 14.5. The van der Waals surface area contributed by atoms with Crippen LogP contribution in [-0.4, -0.2) is 63.4 Å². The highest BCUT2D eigenvalue weighted by molar-refractivity contribution is 4.43. The smallest absolute Gasteiger partial charge is 0.277 e. The number of ether oxygens (including phenoxy) is 4. The van der Waals surface area contributed by atoms with Crippen molar-refractivity contribution in [2.75, 3.05) is 47.3 Å². The third-order valence-corrected chi connectivity index (χ3v) is 1.31. The summed E-state index contributed by atoms with van der Waals surface area (Å²) in [5.41, 5.74) is 0. The lowest BCUT2D eigenvalue weighted by Crippen LogP contribution is -2.34. The minimum Gasteiger partial charge on any atom is -0.397 e. The molecule has 0 aliphatic heterocycles. The first-order valence-corrected chi connectivity index (χ1v) is 5.13. The average Bonchev–Trinajstić information content (AvgIpc) is 2.19. The molecule has 100 valence electrons. The van der Waals surface area contributed by atoms with Gasteiger partial charge in [0.15, 0.2) is 0 Å². The Labute approximate surface area is 97.1 Å². The van der Waals surface area contributed by atoms with E-state index in [9.17, 15) is 5.11 Å². The number of aliphatic hydroxyl groups excluding tert-OH is 1. The highest BCUT2D eigenvalue weighted by atomic mass is 16.8. The number of methoxy groups -OCH3 is 2. The van der Waals surface area contributed by atoms with E-state index < -0.39 is 5.97 Å². The Morgan fingerprint density at radius 3 is 1.50 bits per heavy atom. The van der Waals surface area contributed by atoms with Crippen molar-refractivity contribution in [3.63, 3.8) is 0 Å². The van der Waals surface area contributed by atoms with Gasteiger partial charge in [-0.25, -0.2) is 0 Å². The van der Waals surface area contributed by atoms with Gasteiger partial charge in [0.2, 0.25) is 0 Å². The second-order valence-electron chi connectivity index (χ2n) is 2.90. The summed E-state index contributed by atoms with van der Waals surface area (Å²) in [6, 6.07) is 0. The first kappa shape index (κ1) is 18.1. The molecule has 0 aromatic rings. The summed E-state index contributed by atoms with van der Waals surface area (Å²) in [6.07, 6.45) is 0. The molecule has 0 atom stereocenters. The van der Waals surface area contributed by atoms with Gasteiger partial charge in [-0.05, 0) is 6.92 Å². The zero-order valence-electron chi connectivity index (χ0n) is 10.6. The van der Waals surface area contributed by atoms with Gasteiger partial charge >= 0.3 is 0 Å². The molecule has 0 heterocycles. The molecule has 0 aliphatic rings. The van der Waals surface area contributed by atoms with Crippen LogP contribution >= 0.6 is 0 Å². The molecule has 0 amide bonds. The lowest BCUT2D eigenvalue weighted by molar-refractivity contribution is -0.352. The Morgan fingerprint density at radius 2 is 1.25 bits per heavy atom. The minimum atomic E-state index is -1.56. The molecule has 0 rings (SSSR count). The molecule has 0 bridgehead atoms. The zero-order chi connectivity index (χ0) is 12.9. The monoisotopic (exact) mass is 240 g/mol. The molecular weight excluding hydrogens is 216 g/mol. The summed E-state index contributed by atoms with van der Waals surface area (Å²) in [6.45, 7) is 4.78. The molecular formula is C10H24O6. The van der Waals surface area contributed by atoms with Crippen molar-refractivity contribution in [2.45, 2.75) is 19.8 Å². The van der Waals surface area contributed by atoms with Crippen LogP contribution in [0.25, 0.3) is 0 Å². The molecule has 0 aromatic carbocycles. The van der Waals surface area contributed by atoms with E-state index in [1.165, 1.54) is 6.92 Å². The van der Waals surface area contributed by atoms with Crippen LogP contribution in [0.2, 0.25) is 0 Å². The predicted molar refractivity (Wildman–Crippen MR) is 59.0 cm³/mol. The van der Waals surface area contributed by atoms with Crippen LogP contribution in [0.3, 0.4) is 0 Å². The van der Waals surface area contributed by atoms with Crippen LogP contribution in [0, 0.1) is 0 Å². The summed E-state index contributed by atoms with van der Waals surface area (Å²) < 4.78 is 19.4. The molecule has 6 heteroatoms. The van der Waals surface area contributed by atoms with E-state index in [1.807, 2.05) is 0 Å². The Hall–Kier alpha value is -0.240. The summed E-state index contributed by atoms with van der Waals surface area (Å²) in [5.74, 6) is -1.56. The van der Waals surface area contributed by atoms with E-state index in [4.69, 9.17) is 24.1 Å². The van der Waals surface area contributed by atoms with Crippen LogP contribution in [0.4, 0.5) is 0 Å². The normalized spacial score (nSPS) is 10.9. The fraction of sp³-hybridized carbons (Fsp3) is 1.00. The quantitative estimate of drug-likeness (QED) is 0.458. The van der Waals surface area contributed by atoms with E-state index >= 15 is 0 Å². The maximum Gasteiger partial charge on any atom is 0.277 e. The lowest BCUT2D eigenvalue weighted by atomic mass is 10.6. The highest BCUT2D eigenvalue weighted by Crippen LogP contribution is 2.06. The van der Waals surface area contributed by atoms with Crippen LogP contribution in [0.1, 0.15) is 13.8 Å². The standard InChI is InChI=1S/C8H18O5.C2H6O/c1-8(9,12-6-4-10-2)13-7-5-11-3;1-2-3/h9H,4-7H2,1-3H3;3H,2H2,1H3. The largest absolute Gasteiger partial charge is 0.397 e. The summed E-state index contributed by atoms with van der Waals surface area (Å²) in [7, 11) is 3.12. The van der Waals surface area contributed by atoms with E-state index in [0.29, 0.717) is 13.2 Å². The molecule has 0 aromatic heterocycles. The first-order valence-electron chi connectivity index (χ1n) is 5.13. The van der Waals surface area contributed by atoms with Crippen molar-refractivity contribution in [1.82, 2.24) is 0 Å². The molecule has 0 spiro atoms. The van der Waals surface area contributed by atoms with Crippen molar-refractivity contribution in [1.29, 1.82) is 0 Å². The second-order valence-corrected chi connectivity index (χ2v) is 2.90. The van der Waals surface area contributed by atoms with Crippen molar-refractivity contribution >= 4 is 0 Å². The highest BCUT2D eigenvalue weighted by Gasteiger charge is 2.20. The predicted octanol–water partition coefficient (Wildman–Crippen LogP) is -0.0230. The minimum absolute atomic E-state index is 0.250. The Balaban J connectivity index is 0. The molecule has 2 N–H and O–H groups in total. The van der Waals surface area contributed by atoms with Gasteiger partial charge in [-0.2, -0.15) is 0 Å². The van der Waals surface area contributed by atoms with E-state index in [2.05, 4.69) is 0 Å². The van der Waals surface area contributed by atoms with E-state index in [1.54, 1.807) is 21.1 Å². The maximum absolute atomic E-state index is 9.41. The van der Waals surface area contributed by atoms with Gasteiger partial charge in [0.25, 0.3) is 5.97 Å². The van der Waals surface area contributed by atoms with Crippen LogP contribution in [0.15, 0.2) is 0 Å². The molecule has 6 nitrogen and oxygen atoms in total. The van der Waals surface area contributed by atoms with Crippen molar-refractivity contribution < 1.29 is 29.2 Å². The van der Waals surface area contributed by atoms with Gasteiger partial charge in [0.1, 0.15) is 0 Å². The third-order valence-electron chi connectivity index (χ3n) is 1.31.